The van der Waals surface area contributed by atoms with E-state index >= 15 is 0 Å². The Bertz CT molecular complexity index is 133. The second-order valence-electron chi connectivity index (χ2n) is 4.19. The van der Waals surface area contributed by atoms with Crippen LogP contribution < -0.4 is 0 Å². The smallest absolute Gasteiger partial charge is 0.204 e. The lowest BCUT2D eigenvalue weighted by molar-refractivity contribution is 0.346. The Morgan fingerprint density at radius 2 is 1.07 bits per heavy atom. The van der Waals surface area contributed by atoms with E-state index in [9.17, 15) is 0 Å². The van der Waals surface area contributed by atoms with Gasteiger partial charge in [0.05, 0.1) is 0 Å². The van der Waals surface area contributed by atoms with Crippen molar-refractivity contribution in [2.45, 2.75) is 27.7 Å². The Labute approximate surface area is 97.8 Å². The number of hydrogen-bond donors (Lipinski definition) is 0. The van der Waals surface area contributed by atoms with Crippen LogP contribution in [0.15, 0.2) is 0 Å². The van der Waals surface area contributed by atoms with Crippen LogP contribution in [0.3, 0.4) is 0 Å². The number of hydrogen-bond acceptors (Lipinski definition) is 3. The van der Waals surface area contributed by atoms with Crippen molar-refractivity contribution in [2.75, 3.05) is 46.4 Å². The first-order chi connectivity index (χ1) is 7.10. The molecule has 0 saturated heterocycles. The molecule has 0 heterocycles. The Hall–Kier alpha value is 0.0969. The summed E-state index contributed by atoms with van der Waals surface area (Å²) in [5, 5.41) is 0. The quantitative estimate of drug-likeness (QED) is 0.577. The molecule has 0 aromatic carbocycles. The minimum atomic E-state index is -0.929. The van der Waals surface area contributed by atoms with Crippen LogP contribution in [-0.2, 0) is 0 Å². The van der Waals surface area contributed by atoms with E-state index in [4.69, 9.17) is 0 Å². The van der Waals surface area contributed by atoms with Gasteiger partial charge in [-0.2, -0.15) is 0 Å². The summed E-state index contributed by atoms with van der Waals surface area (Å²) in [6.07, 6.45) is 1.25. The molecule has 0 radical (unpaired) electrons. The van der Waals surface area contributed by atoms with Gasteiger partial charge in [0, 0.05) is 6.17 Å². The summed E-state index contributed by atoms with van der Waals surface area (Å²) in [6, 6.07) is 0. The van der Waals surface area contributed by atoms with Gasteiger partial charge in [-0.15, -0.1) is 0 Å². The van der Waals surface area contributed by atoms with Crippen molar-refractivity contribution in [1.29, 1.82) is 0 Å². The third-order valence-corrected chi connectivity index (χ3v) is 7.20. The molecule has 0 aliphatic rings. The van der Waals surface area contributed by atoms with Gasteiger partial charge in [0.25, 0.3) is 0 Å². The summed E-state index contributed by atoms with van der Waals surface area (Å²) >= 11 is 0. The van der Waals surface area contributed by atoms with Crippen LogP contribution in [0.5, 0.6) is 0 Å². The summed E-state index contributed by atoms with van der Waals surface area (Å²) in [6.45, 7) is 13.9. The van der Waals surface area contributed by atoms with Crippen LogP contribution in [0.1, 0.15) is 27.7 Å². The van der Waals surface area contributed by atoms with Gasteiger partial charge in [0.1, 0.15) is 0 Å². The minimum absolute atomic E-state index is 0.929. The Morgan fingerprint density at radius 3 is 1.27 bits per heavy atom. The third kappa shape index (κ3) is 5.11. The fourth-order valence-electron chi connectivity index (χ4n) is 2.08. The van der Waals surface area contributed by atoms with Crippen molar-refractivity contribution >= 4 is 9.12 Å². The molecule has 0 N–H and O–H groups in total. The molecule has 0 saturated carbocycles. The highest BCUT2D eigenvalue weighted by Gasteiger charge is 2.23. The van der Waals surface area contributed by atoms with Gasteiger partial charge < -0.3 is 14.0 Å². The first-order valence-corrected chi connectivity index (χ1v) is 8.08. The molecule has 0 fully saturated rings. The van der Waals surface area contributed by atoms with Gasteiger partial charge in [-0.1, -0.05) is 27.7 Å². The lowest BCUT2D eigenvalue weighted by Gasteiger charge is -2.37. The zero-order valence-electron chi connectivity index (χ0n) is 11.5. The second kappa shape index (κ2) is 8.27. The van der Waals surface area contributed by atoms with Crippen molar-refractivity contribution in [3.63, 3.8) is 0 Å². The lowest BCUT2D eigenvalue weighted by Crippen LogP contribution is -2.57. The van der Waals surface area contributed by atoms with Crippen LogP contribution in [0, 0.1) is 0 Å². The minimum Gasteiger partial charge on any atom is -0.314 e. The average molecular weight is 231 g/mol. The van der Waals surface area contributed by atoms with E-state index in [0.717, 1.165) is 0 Å². The monoisotopic (exact) mass is 231 g/mol. The highest BCUT2D eigenvalue weighted by molar-refractivity contribution is 6.52. The van der Waals surface area contributed by atoms with Crippen molar-refractivity contribution in [3.8, 4) is 0 Å². The van der Waals surface area contributed by atoms with E-state index in [1.807, 2.05) is 0 Å². The SMILES string of the molecule is CCN(CC)[SiH](CN(C)C)N(CC)CC. The zero-order chi connectivity index (χ0) is 11.8. The first-order valence-electron chi connectivity index (χ1n) is 6.23. The van der Waals surface area contributed by atoms with Crippen LogP contribution in [0.4, 0.5) is 0 Å². The van der Waals surface area contributed by atoms with Crippen LogP contribution in [0.2, 0.25) is 0 Å². The van der Waals surface area contributed by atoms with Crippen molar-refractivity contribution in [1.82, 2.24) is 14.0 Å². The largest absolute Gasteiger partial charge is 0.314 e. The maximum absolute atomic E-state index is 2.67. The fourth-order valence-corrected chi connectivity index (χ4v) is 5.34. The van der Waals surface area contributed by atoms with E-state index < -0.39 is 9.12 Å². The van der Waals surface area contributed by atoms with Crippen LogP contribution in [-0.4, -0.2) is 69.6 Å². The van der Waals surface area contributed by atoms with E-state index in [1.165, 1.54) is 32.3 Å². The molecule has 0 spiro atoms. The maximum atomic E-state index is 2.67. The number of rotatable bonds is 8. The van der Waals surface area contributed by atoms with E-state index in [-0.39, 0.29) is 0 Å². The van der Waals surface area contributed by atoms with Crippen LogP contribution >= 0.6 is 0 Å². The van der Waals surface area contributed by atoms with Gasteiger partial charge >= 0.3 is 0 Å². The summed E-state index contributed by atoms with van der Waals surface area (Å²) in [7, 11) is 3.45. The second-order valence-corrected chi connectivity index (χ2v) is 6.97. The predicted octanol–water partition coefficient (Wildman–Crippen LogP) is 0.991. The highest BCUT2D eigenvalue weighted by atomic mass is 28.3. The van der Waals surface area contributed by atoms with E-state index in [0.29, 0.717) is 0 Å². The van der Waals surface area contributed by atoms with Gasteiger partial charge in [-0.05, 0) is 40.3 Å². The predicted molar refractivity (Wildman–Crippen MR) is 71.5 cm³/mol. The molecule has 0 rings (SSSR count). The zero-order valence-corrected chi connectivity index (χ0v) is 12.6. The van der Waals surface area contributed by atoms with Crippen molar-refractivity contribution in [3.05, 3.63) is 0 Å². The van der Waals surface area contributed by atoms with Crippen LogP contribution in [0.25, 0.3) is 0 Å². The molecule has 0 amide bonds. The molecule has 0 unspecified atom stereocenters. The molecule has 0 aromatic rings. The van der Waals surface area contributed by atoms with E-state index in [1.54, 1.807) is 0 Å². The summed E-state index contributed by atoms with van der Waals surface area (Å²) < 4.78 is 5.35. The maximum Gasteiger partial charge on any atom is 0.204 e. The first kappa shape index (κ1) is 15.1. The molecule has 0 aromatic heterocycles. The molecule has 0 bridgehead atoms. The van der Waals surface area contributed by atoms with Gasteiger partial charge in [0.15, 0.2) is 0 Å². The van der Waals surface area contributed by atoms with Crippen molar-refractivity contribution in [2.24, 2.45) is 0 Å². The molecule has 0 aliphatic heterocycles. The molecular formula is C11H29N3Si. The van der Waals surface area contributed by atoms with Gasteiger partial charge in [-0.3, -0.25) is 0 Å². The molecule has 15 heavy (non-hydrogen) atoms. The highest BCUT2D eigenvalue weighted by Crippen LogP contribution is 2.03. The topological polar surface area (TPSA) is 9.72 Å². The Balaban J connectivity index is 4.52. The molecule has 0 atom stereocenters. The van der Waals surface area contributed by atoms with Gasteiger partial charge in [-0.25, -0.2) is 0 Å². The average Bonchev–Trinajstić information content (AvgIpc) is 2.20. The Kier molecular flexibility index (Phi) is 8.33. The molecular weight excluding hydrogens is 202 g/mol. The third-order valence-electron chi connectivity index (χ3n) is 3.00. The lowest BCUT2D eigenvalue weighted by atomic mass is 10.7. The molecule has 92 valence electrons. The molecule has 4 heteroatoms. The normalized spacial score (nSPS) is 12.4. The summed E-state index contributed by atoms with van der Waals surface area (Å²) in [5.41, 5.74) is 0. The Morgan fingerprint density at radius 1 is 0.733 bits per heavy atom. The summed E-state index contributed by atoms with van der Waals surface area (Å²) in [4.78, 5) is 2.34. The standard InChI is InChI=1S/C11H29N3Si/c1-7-13(8-2)15(11-12(5)6)14(9-3)10-4/h15H,7-11H2,1-6H3. The van der Waals surface area contributed by atoms with Gasteiger partial charge in [0.2, 0.25) is 9.12 Å². The van der Waals surface area contributed by atoms with E-state index in [2.05, 4.69) is 55.8 Å². The fraction of sp³-hybridized carbons (Fsp3) is 1.00. The number of nitrogens with zero attached hydrogens (tertiary/aromatic N) is 3. The van der Waals surface area contributed by atoms with Crippen molar-refractivity contribution < 1.29 is 0 Å². The molecule has 0 aliphatic carbocycles. The summed E-state index contributed by atoms with van der Waals surface area (Å²) in [5.74, 6) is 0. The molecule has 3 nitrogen and oxygen atoms in total.